The van der Waals surface area contributed by atoms with Crippen LogP contribution in [0, 0.1) is 13.8 Å². The maximum absolute atomic E-state index is 12.7. The topological polar surface area (TPSA) is 59.3 Å². The third-order valence-corrected chi connectivity index (χ3v) is 5.80. The van der Waals surface area contributed by atoms with Gasteiger partial charge in [-0.25, -0.2) is 0 Å². The molecule has 2 aromatic heterocycles. The second kappa shape index (κ2) is 7.04. The number of aromatic nitrogens is 3. The normalized spacial score (nSPS) is 12.4. The first-order chi connectivity index (χ1) is 13.0. The summed E-state index contributed by atoms with van der Waals surface area (Å²) >= 11 is 1.41. The summed E-state index contributed by atoms with van der Waals surface area (Å²) in [6.07, 6.45) is 0. The minimum atomic E-state index is -0.309. The molecule has 2 heterocycles. The second-order valence-corrected chi connectivity index (χ2v) is 7.87. The highest BCUT2D eigenvalue weighted by molar-refractivity contribution is 8.00. The largest absolute Gasteiger partial charge is 0.325 e. The molecule has 136 valence electrons. The summed E-state index contributed by atoms with van der Waals surface area (Å²) in [4.78, 5) is 12.7. The first-order valence-electron chi connectivity index (χ1n) is 8.81. The van der Waals surface area contributed by atoms with E-state index in [0.29, 0.717) is 5.16 Å². The number of nitrogens with one attached hydrogen (secondary N) is 1. The van der Waals surface area contributed by atoms with Crippen molar-refractivity contribution in [2.24, 2.45) is 0 Å². The molecule has 0 radical (unpaired) electrons. The number of rotatable bonds is 4. The van der Waals surface area contributed by atoms with Crippen LogP contribution in [0.3, 0.4) is 0 Å². The Morgan fingerprint density at radius 3 is 2.70 bits per heavy atom. The molecule has 0 saturated carbocycles. The summed E-state index contributed by atoms with van der Waals surface area (Å²) < 4.78 is 2.00. The average molecular weight is 376 g/mol. The van der Waals surface area contributed by atoms with Gasteiger partial charge in [0.1, 0.15) is 0 Å². The fourth-order valence-corrected chi connectivity index (χ4v) is 3.89. The number of pyridine rings is 1. The number of nitrogens with zero attached hydrogens (tertiary/aromatic N) is 3. The van der Waals surface area contributed by atoms with Crippen molar-refractivity contribution < 1.29 is 4.79 Å². The molecule has 1 atom stereocenters. The van der Waals surface area contributed by atoms with E-state index in [1.807, 2.05) is 73.7 Å². The third kappa shape index (κ3) is 3.28. The SMILES string of the molecule is Cc1cccc(NC(=O)C(C)Sc2nnc3ccc4ccccc4n23)c1C. The molecule has 6 heteroatoms. The van der Waals surface area contributed by atoms with Gasteiger partial charge in [-0.15, -0.1) is 10.2 Å². The van der Waals surface area contributed by atoms with Gasteiger partial charge in [-0.05, 0) is 61.5 Å². The van der Waals surface area contributed by atoms with Crippen molar-refractivity contribution in [3.8, 4) is 0 Å². The van der Waals surface area contributed by atoms with Crippen molar-refractivity contribution in [3.63, 3.8) is 0 Å². The summed E-state index contributed by atoms with van der Waals surface area (Å²) in [7, 11) is 0. The van der Waals surface area contributed by atoms with Crippen LogP contribution in [0.5, 0.6) is 0 Å². The number of carbonyl (C=O) groups is 1. The number of hydrogen-bond donors (Lipinski definition) is 1. The summed E-state index contributed by atoms with van der Waals surface area (Å²) in [6.45, 7) is 5.94. The van der Waals surface area contributed by atoms with E-state index < -0.39 is 0 Å². The van der Waals surface area contributed by atoms with Crippen LogP contribution in [0.1, 0.15) is 18.1 Å². The molecule has 2 aromatic carbocycles. The number of fused-ring (bicyclic) bond motifs is 3. The Bertz CT molecular complexity index is 1150. The van der Waals surface area contributed by atoms with Crippen molar-refractivity contribution in [2.75, 3.05) is 5.32 Å². The Hall–Kier alpha value is -2.86. The van der Waals surface area contributed by atoms with Gasteiger partial charge in [-0.1, -0.05) is 42.1 Å². The Morgan fingerprint density at radius 2 is 1.85 bits per heavy atom. The number of carbonyl (C=O) groups excluding carboxylic acids is 1. The van der Waals surface area contributed by atoms with E-state index in [-0.39, 0.29) is 11.2 Å². The van der Waals surface area contributed by atoms with Gasteiger partial charge in [0.05, 0.1) is 10.8 Å². The van der Waals surface area contributed by atoms with E-state index in [4.69, 9.17) is 0 Å². The monoisotopic (exact) mass is 376 g/mol. The van der Waals surface area contributed by atoms with Gasteiger partial charge in [0.25, 0.3) is 0 Å². The number of benzene rings is 2. The minimum Gasteiger partial charge on any atom is -0.325 e. The predicted octanol–water partition coefficient (Wildman–Crippen LogP) is 4.62. The molecule has 0 aliphatic heterocycles. The first kappa shape index (κ1) is 17.5. The van der Waals surface area contributed by atoms with Gasteiger partial charge in [-0.2, -0.15) is 0 Å². The molecule has 1 unspecified atom stereocenters. The molecule has 0 aliphatic rings. The van der Waals surface area contributed by atoms with E-state index in [0.717, 1.165) is 33.4 Å². The van der Waals surface area contributed by atoms with Crippen LogP contribution < -0.4 is 5.32 Å². The van der Waals surface area contributed by atoms with Crippen LogP contribution in [0.2, 0.25) is 0 Å². The van der Waals surface area contributed by atoms with Crippen LogP contribution in [-0.2, 0) is 4.79 Å². The Labute approximate surface area is 161 Å². The van der Waals surface area contributed by atoms with E-state index >= 15 is 0 Å². The number of para-hydroxylation sites is 1. The summed E-state index contributed by atoms with van der Waals surface area (Å²) in [5.74, 6) is -0.0503. The third-order valence-electron chi connectivity index (χ3n) is 4.76. The van der Waals surface area contributed by atoms with Gasteiger partial charge in [0.2, 0.25) is 5.91 Å². The zero-order valence-electron chi connectivity index (χ0n) is 15.4. The van der Waals surface area contributed by atoms with Crippen molar-refractivity contribution >= 4 is 39.9 Å². The minimum absolute atomic E-state index is 0.0503. The highest BCUT2D eigenvalue weighted by Crippen LogP contribution is 2.27. The molecule has 4 aromatic rings. The van der Waals surface area contributed by atoms with Gasteiger partial charge >= 0.3 is 0 Å². The summed E-state index contributed by atoms with van der Waals surface area (Å²) in [5.41, 5.74) is 4.90. The lowest BCUT2D eigenvalue weighted by molar-refractivity contribution is -0.115. The van der Waals surface area contributed by atoms with Crippen LogP contribution >= 0.6 is 11.8 Å². The smallest absolute Gasteiger partial charge is 0.237 e. The molecule has 5 nitrogen and oxygen atoms in total. The fourth-order valence-electron chi connectivity index (χ4n) is 3.02. The lowest BCUT2D eigenvalue weighted by atomic mass is 10.1. The van der Waals surface area contributed by atoms with Crippen molar-refractivity contribution in [1.29, 1.82) is 0 Å². The first-order valence-corrected chi connectivity index (χ1v) is 9.69. The van der Waals surface area contributed by atoms with Gasteiger partial charge in [-0.3, -0.25) is 9.20 Å². The zero-order valence-corrected chi connectivity index (χ0v) is 16.2. The average Bonchev–Trinajstić information content (AvgIpc) is 3.08. The zero-order chi connectivity index (χ0) is 19.0. The number of aryl methyl sites for hydroxylation is 1. The molecular formula is C21H20N4OS. The number of thioether (sulfide) groups is 1. The molecule has 0 spiro atoms. The molecule has 1 N–H and O–H groups in total. The quantitative estimate of drug-likeness (QED) is 0.528. The fraction of sp³-hybridized carbons (Fsp3) is 0.190. The molecule has 4 rings (SSSR count). The lowest BCUT2D eigenvalue weighted by Gasteiger charge is -2.14. The van der Waals surface area contributed by atoms with Crippen molar-refractivity contribution in [3.05, 3.63) is 65.7 Å². The Balaban J connectivity index is 1.61. The van der Waals surface area contributed by atoms with Gasteiger partial charge in [0, 0.05) is 5.69 Å². The molecule has 0 fully saturated rings. The highest BCUT2D eigenvalue weighted by atomic mass is 32.2. The molecule has 0 saturated heterocycles. The lowest BCUT2D eigenvalue weighted by Crippen LogP contribution is -2.23. The van der Waals surface area contributed by atoms with E-state index in [1.165, 1.54) is 11.8 Å². The van der Waals surface area contributed by atoms with E-state index in [9.17, 15) is 4.79 Å². The van der Waals surface area contributed by atoms with Gasteiger partial charge < -0.3 is 5.32 Å². The van der Waals surface area contributed by atoms with Crippen LogP contribution in [-0.4, -0.2) is 25.8 Å². The number of anilines is 1. The predicted molar refractivity (Wildman–Crippen MR) is 110 cm³/mol. The van der Waals surface area contributed by atoms with Gasteiger partial charge in [0.15, 0.2) is 10.8 Å². The van der Waals surface area contributed by atoms with E-state index in [2.05, 4.69) is 21.6 Å². The standard InChI is InChI=1S/C21H20N4OS/c1-13-7-6-9-17(14(13)2)22-20(26)15(3)27-21-24-23-19-12-11-16-8-4-5-10-18(16)25(19)21/h4-12,15H,1-3H3,(H,22,26). The van der Waals surface area contributed by atoms with Crippen molar-refractivity contribution in [1.82, 2.24) is 14.6 Å². The van der Waals surface area contributed by atoms with E-state index in [1.54, 1.807) is 0 Å². The number of hydrogen-bond acceptors (Lipinski definition) is 4. The van der Waals surface area contributed by atoms with Crippen molar-refractivity contribution in [2.45, 2.75) is 31.2 Å². The van der Waals surface area contributed by atoms with Crippen LogP contribution in [0.15, 0.2) is 59.8 Å². The maximum Gasteiger partial charge on any atom is 0.237 e. The molecule has 1 amide bonds. The molecular weight excluding hydrogens is 356 g/mol. The Kier molecular flexibility index (Phi) is 4.58. The van der Waals surface area contributed by atoms with Crippen LogP contribution in [0.4, 0.5) is 5.69 Å². The highest BCUT2D eigenvalue weighted by Gasteiger charge is 2.19. The Morgan fingerprint density at radius 1 is 1.04 bits per heavy atom. The summed E-state index contributed by atoms with van der Waals surface area (Å²) in [5, 5.41) is 13.1. The maximum atomic E-state index is 12.7. The number of amides is 1. The summed E-state index contributed by atoms with van der Waals surface area (Å²) in [6, 6.07) is 18.0. The molecule has 27 heavy (non-hydrogen) atoms. The molecule has 0 aliphatic carbocycles. The second-order valence-electron chi connectivity index (χ2n) is 6.57. The van der Waals surface area contributed by atoms with Crippen LogP contribution in [0.25, 0.3) is 16.6 Å². The molecule has 0 bridgehead atoms.